The number of benzene rings is 1. The Bertz CT molecular complexity index is 701. The summed E-state index contributed by atoms with van der Waals surface area (Å²) in [4.78, 5) is 24.2. The van der Waals surface area contributed by atoms with Crippen LogP contribution in [0.15, 0.2) is 36.4 Å². The molecule has 5 nitrogen and oxygen atoms in total. The monoisotopic (exact) mass is 343 g/mol. The third-order valence-corrected chi connectivity index (χ3v) is 5.12. The lowest BCUT2D eigenvalue weighted by Crippen LogP contribution is -2.43. The summed E-state index contributed by atoms with van der Waals surface area (Å²) in [6.45, 7) is 8.37. The van der Waals surface area contributed by atoms with Crippen LogP contribution in [0.5, 0.6) is 0 Å². The summed E-state index contributed by atoms with van der Waals surface area (Å²) in [5.41, 5.74) is 2.30. The first kappa shape index (κ1) is 17.7. The van der Waals surface area contributed by atoms with Crippen molar-refractivity contribution in [3.8, 4) is 0 Å². The Morgan fingerprint density at radius 3 is 2.16 bits per heavy atom. The number of rotatable bonds is 4. The summed E-state index contributed by atoms with van der Waals surface area (Å²) in [5.74, 6) is -2.75. The molecular formula is C20H25NO4. The van der Waals surface area contributed by atoms with Crippen LogP contribution in [0.1, 0.15) is 44.9 Å². The molecule has 2 heterocycles. The van der Waals surface area contributed by atoms with Crippen LogP contribution in [0.2, 0.25) is 0 Å². The van der Waals surface area contributed by atoms with Gasteiger partial charge in [0.05, 0.1) is 24.2 Å². The molecule has 1 aromatic carbocycles. The van der Waals surface area contributed by atoms with Gasteiger partial charge in [-0.1, -0.05) is 57.2 Å². The van der Waals surface area contributed by atoms with Crippen LogP contribution >= 0.6 is 0 Å². The molecule has 134 valence electrons. The highest BCUT2D eigenvalue weighted by molar-refractivity contribution is 5.87. The number of amides is 1. The van der Waals surface area contributed by atoms with Crippen molar-refractivity contribution in [1.29, 1.82) is 0 Å². The lowest BCUT2D eigenvalue weighted by molar-refractivity contribution is -0.146. The number of aliphatic carboxylic acids is 1. The van der Waals surface area contributed by atoms with E-state index in [9.17, 15) is 14.7 Å². The Balaban J connectivity index is 1.70. The Morgan fingerprint density at radius 1 is 1.08 bits per heavy atom. The maximum absolute atomic E-state index is 12.7. The zero-order valence-corrected chi connectivity index (χ0v) is 15.0. The predicted molar refractivity (Wildman–Crippen MR) is 94.1 cm³/mol. The highest BCUT2D eigenvalue weighted by Crippen LogP contribution is 2.39. The first-order chi connectivity index (χ1) is 11.7. The molecule has 1 amide bonds. The smallest absolute Gasteiger partial charge is 0.310 e. The predicted octanol–water partition coefficient (Wildman–Crippen LogP) is 2.82. The van der Waals surface area contributed by atoms with Gasteiger partial charge < -0.3 is 15.2 Å². The molecule has 2 aliphatic rings. The number of carbonyl (C=O) groups is 2. The topological polar surface area (TPSA) is 75.6 Å². The molecule has 0 saturated carbocycles. The molecule has 5 heteroatoms. The van der Waals surface area contributed by atoms with Gasteiger partial charge in [-0.3, -0.25) is 9.59 Å². The van der Waals surface area contributed by atoms with Gasteiger partial charge in [0.25, 0.3) is 0 Å². The van der Waals surface area contributed by atoms with Crippen LogP contribution in [0.25, 0.3) is 0 Å². The summed E-state index contributed by atoms with van der Waals surface area (Å²) in [6, 6.07) is 7.97. The van der Waals surface area contributed by atoms with Crippen molar-refractivity contribution in [2.75, 3.05) is 0 Å². The summed E-state index contributed by atoms with van der Waals surface area (Å²) < 4.78 is 5.57. The van der Waals surface area contributed by atoms with Crippen molar-refractivity contribution in [1.82, 2.24) is 5.32 Å². The van der Waals surface area contributed by atoms with Gasteiger partial charge in [-0.15, -0.1) is 0 Å². The zero-order valence-electron chi connectivity index (χ0n) is 15.0. The van der Waals surface area contributed by atoms with Crippen LogP contribution in [0, 0.1) is 11.8 Å². The maximum atomic E-state index is 12.7. The molecule has 5 atom stereocenters. The van der Waals surface area contributed by atoms with Crippen LogP contribution in [-0.2, 0) is 19.7 Å². The molecule has 2 N–H and O–H groups in total. The fourth-order valence-electron chi connectivity index (χ4n) is 3.58. The first-order valence-electron chi connectivity index (χ1n) is 8.66. The summed E-state index contributed by atoms with van der Waals surface area (Å²) >= 11 is 0. The summed E-state index contributed by atoms with van der Waals surface area (Å²) in [7, 11) is 0. The number of carbonyl (C=O) groups excluding carboxylic acids is 1. The minimum absolute atomic E-state index is 0.0759. The molecule has 1 saturated heterocycles. The number of carboxylic acids is 1. The van der Waals surface area contributed by atoms with Gasteiger partial charge in [-0.05, 0) is 23.5 Å². The van der Waals surface area contributed by atoms with E-state index >= 15 is 0 Å². The van der Waals surface area contributed by atoms with Crippen molar-refractivity contribution < 1.29 is 19.4 Å². The Kier molecular flexibility index (Phi) is 4.45. The molecule has 0 aromatic heterocycles. The van der Waals surface area contributed by atoms with Crippen molar-refractivity contribution in [2.24, 2.45) is 11.8 Å². The third-order valence-electron chi connectivity index (χ3n) is 5.12. The normalized spacial score (nSPS) is 28.8. The largest absolute Gasteiger partial charge is 0.481 e. The third kappa shape index (κ3) is 3.33. The number of ether oxygens (including phenoxy) is 1. The van der Waals surface area contributed by atoms with E-state index in [0.717, 1.165) is 5.56 Å². The van der Waals surface area contributed by atoms with E-state index in [2.05, 4.69) is 38.2 Å². The number of fused-ring (bicyclic) bond motifs is 2. The van der Waals surface area contributed by atoms with Crippen LogP contribution in [0.4, 0.5) is 0 Å². The molecule has 25 heavy (non-hydrogen) atoms. The van der Waals surface area contributed by atoms with Gasteiger partial charge in [-0.2, -0.15) is 0 Å². The average Bonchev–Trinajstić information content (AvgIpc) is 3.14. The van der Waals surface area contributed by atoms with E-state index < -0.39 is 30.0 Å². The first-order valence-corrected chi connectivity index (χ1v) is 8.66. The Morgan fingerprint density at radius 2 is 1.64 bits per heavy atom. The fourth-order valence-corrected chi connectivity index (χ4v) is 3.58. The van der Waals surface area contributed by atoms with Gasteiger partial charge in [0.1, 0.15) is 5.92 Å². The Hall–Kier alpha value is -2.14. The highest BCUT2D eigenvalue weighted by Gasteiger charge is 2.53. The van der Waals surface area contributed by atoms with Crippen LogP contribution < -0.4 is 5.32 Å². The van der Waals surface area contributed by atoms with Gasteiger partial charge in [-0.25, -0.2) is 0 Å². The van der Waals surface area contributed by atoms with Gasteiger partial charge in [0, 0.05) is 0 Å². The zero-order chi connectivity index (χ0) is 18.4. The van der Waals surface area contributed by atoms with Crippen molar-refractivity contribution in [3.63, 3.8) is 0 Å². The lowest BCUT2D eigenvalue weighted by Gasteiger charge is -2.24. The fraction of sp³-hybridized carbons (Fsp3) is 0.500. The number of carboxylic acid groups (broad SMARTS) is 1. The van der Waals surface area contributed by atoms with Gasteiger partial charge in [0.15, 0.2) is 0 Å². The molecule has 0 spiro atoms. The maximum Gasteiger partial charge on any atom is 0.310 e. The van der Waals surface area contributed by atoms with Crippen LogP contribution in [-0.4, -0.2) is 29.2 Å². The molecule has 0 unspecified atom stereocenters. The SMILES string of the molecule is C[C@H](NC(=O)[C@H]1[C@@H](C(=O)O)[C@@H]2C=C[C@@H]1O2)c1ccc(C(C)(C)C)cc1. The number of hydrogen-bond acceptors (Lipinski definition) is 3. The highest BCUT2D eigenvalue weighted by atomic mass is 16.5. The lowest BCUT2D eigenvalue weighted by atomic mass is 9.82. The number of nitrogens with one attached hydrogen (secondary N) is 1. The second-order valence-electron chi connectivity index (χ2n) is 7.94. The average molecular weight is 343 g/mol. The van der Waals surface area contributed by atoms with E-state index in [1.165, 1.54) is 5.56 Å². The molecule has 2 aliphatic heterocycles. The molecule has 1 fully saturated rings. The quantitative estimate of drug-likeness (QED) is 0.824. The van der Waals surface area contributed by atoms with Crippen molar-refractivity contribution in [3.05, 3.63) is 47.5 Å². The molecule has 1 aromatic rings. The molecule has 0 radical (unpaired) electrons. The molecule has 0 aliphatic carbocycles. The second-order valence-corrected chi connectivity index (χ2v) is 7.94. The van der Waals surface area contributed by atoms with Gasteiger partial charge in [0.2, 0.25) is 5.91 Å². The molecule has 2 bridgehead atoms. The van der Waals surface area contributed by atoms with E-state index in [1.807, 2.05) is 19.1 Å². The minimum atomic E-state index is -0.987. The van der Waals surface area contributed by atoms with Crippen LogP contribution in [0.3, 0.4) is 0 Å². The van der Waals surface area contributed by atoms with Gasteiger partial charge >= 0.3 is 5.97 Å². The van der Waals surface area contributed by atoms with Crippen molar-refractivity contribution in [2.45, 2.75) is 51.4 Å². The van der Waals surface area contributed by atoms with E-state index in [1.54, 1.807) is 12.2 Å². The van der Waals surface area contributed by atoms with Crippen molar-refractivity contribution >= 4 is 11.9 Å². The number of hydrogen-bond donors (Lipinski definition) is 2. The summed E-state index contributed by atoms with van der Waals surface area (Å²) in [6.07, 6.45) is 2.58. The standard InChI is InChI=1S/C20H25NO4/c1-11(12-5-7-13(8-6-12)20(2,3)4)21-18(22)16-14-9-10-15(25-14)17(16)19(23)24/h5-11,14-17H,1-4H3,(H,21,22)(H,23,24)/t11-,14-,15-,16+,17-/m0/s1. The van der Waals surface area contributed by atoms with E-state index in [4.69, 9.17) is 4.74 Å². The van der Waals surface area contributed by atoms with E-state index in [-0.39, 0.29) is 17.4 Å². The second kappa shape index (κ2) is 6.30. The van der Waals surface area contributed by atoms with E-state index in [0.29, 0.717) is 0 Å². The molecular weight excluding hydrogens is 318 g/mol. The minimum Gasteiger partial charge on any atom is -0.481 e. The molecule has 3 rings (SSSR count). The summed E-state index contributed by atoms with van der Waals surface area (Å²) in [5, 5.41) is 12.4. The Labute approximate surface area is 148 Å².